The molecule has 0 aliphatic heterocycles. The molecule has 3 aromatic rings. The van der Waals surface area contributed by atoms with E-state index in [1.165, 1.54) is 24.3 Å². The molecule has 1 saturated carbocycles. The van der Waals surface area contributed by atoms with Crippen molar-refractivity contribution in [3.8, 4) is 0 Å². The Morgan fingerprint density at radius 3 is 2.35 bits per heavy atom. The second-order valence-corrected chi connectivity index (χ2v) is 10.3. The number of benzene rings is 2. The largest absolute Gasteiger partial charge is 0.351 e. The zero-order valence-corrected chi connectivity index (χ0v) is 19.9. The van der Waals surface area contributed by atoms with Gasteiger partial charge in [0.2, 0.25) is 5.95 Å². The van der Waals surface area contributed by atoms with Crippen LogP contribution in [0.3, 0.4) is 0 Å². The van der Waals surface area contributed by atoms with Crippen LogP contribution in [0.25, 0.3) is 12.2 Å². The van der Waals surface area contributed by atoms with Crippen molar-refractivity contribution >= 4 is 45.4 Å². The van der Waals surface area contributed by atoms with Gasteiger partial charge in [0.25, 0.3) is 10.0 Å². The summed E-state index contributed by atoms with van der Waals surface area (Å²) in [5.41, 5.74) is 7.08. The molecule has 1 heterocycles. The summed E-state index contributed by atoms with van der Waals surface area (Å²) in [6, 6.07) is 10.8. The number of rotatable bonds is 7. The molecule has 0 saturated heterocycles. The third kappa shape index (κ3) is 6.11. The molecule has 0 radical (unpaired) electrons. The third-order valence-electron chi connectivity index (χ3n) is 5.61. The summed E-state index contributed by atoms with van der Waals surface area (Å²) in [4.78, 5) is 8.57. The Kier molecular flexibility index (Phi) is 7.45. The Bertz CT molecular complexity index is 1280. The van der Waals surface area contributed by atoms with Gasteiger partial charge in [-0.2, -0.15) is 0 Å². The third-order valence-corrected chi connectivity index (χ3v) is 7.47. The lowest BCUT2D eigenvalue weighted by molar-refractivity contribution is 0.410. The van der Waals surface area contributed by atoms with E-state index >= 15 is 0 Å². The summed E-state index contributed by atoms with van der Waals surface area (Å²) in [5, 5.41) is 3.39. The molecule has 1 aromatic heterocycles. The van der Waals surface area contributed by atoms with Crippen molar-refractivity contribution in [2.24, 2.45) is 5.73 Å². The van der Waals surface area contributed by atoms with E-state index in [2.05, 4.69) is 20.0 Å². The first-order valence-electron chi connectivity index (χ1n) is 10.9. The predicted octanol–water partition coefficient (Wildman–Crippen LogP) is 4.92. The first kappa shape index (κ1) is 24.1. The highest BCUT2D eigenvalue weighted by molar-refractivity contribution is 7.92. The normalized spacial score (nSPS) is 18.7. The highest BCUT2D eigenvalue weighted by Crippen LogP contribution is 2.25. The molecule has 1 aliphatic carbocycles. The molecule has 0 bridgehead atoms. The first-order chi connectivity index (χ1) is 16.3. The number of nitrogens with two attached hydrogens (primary N) is 1. The van der Waals surface area contributed by atoms with Gasteiger partial charge in [0.15, 0.2) is 0 Å². The van der Waals surface area contributed by atoms with Gasteiger partial charge in [-0.25, -0.2) is 22.8 Å². The zero-order chi connectivity index (χ0) is 24.1. The van der Waals surface area contributed by atoms with Crippen LogP contribution in [0.2, 0.25) is 5.02 Å². The molecule has 0 amide bonds. The smallest absolute Gasteiger partial charge is 0.263 e. The van der Waals surface area contributed by atoms with Gasteiger partial charge in [-0.15, -0.1) is 0 Å². The number of nitrogens with zero attached hydrogens (tertiary/aromatic N) is 2. The Balaban J connectivity index is 1.39. The summed E-state index contributed by atoms with van der Waals surface area (Å²) >= 11 is 5.96. The number of hydrogen-bond acceptors (Lipinski definition) is 6. The van der Waals surface area contributed by atoms with E-state index in [1.807, 2.05) is 0 Å². The summed E-state index contributed by atoms with van der Waals surface area (Å²) < 4.78 is 41.9. The minimum Gasteiger partial charge on any atom is -0.351 e. The summed E-state index contributed by atoms with van der Waals surface area (Å²) in [7, 11) is -4.02. The van der Waals surface area contributed by atoms with Gasteiger partial charge in [0, 0.05) is 30.0 Å². The molecule has 34 heavy (non-hydrogen) atoms. The van der Waals surface area contributed by atoms with Gasteiger partial charge in [-0.1, -0.05) is 42.0 Å². The standard InChI is InChI=1S/C24H25ClFN5O2S/c25-20-3-1-2-4-23(20)34(32,33)31-22-12-7-16(13-21(22)26)5-6-17-14-28-24(29-15-17)30-19-10-8-18(27)9-11-19/h1-7,12-15,18-19,31H,8-11,27H2,(H,28,29,30)/b6-5+. The van der Waals surface area contributed by atoms with Crippen LogP contribution in [-0.2, 0) is 10.0 Å². The maximum Gasteiger partial charge on any atom is 0.263 e. The SMILES string of the molecule is NC1CCC(Nc2ncc(/C=C/c3ccc(NS(=O)(=O)c4ccccc4Cl)c(F)c3)cn2)CC1. The molecule has 0 spiro atoms. The summed E-state index contributed by atoms with van der Waals surface area (Å²) in [6.07, 6.45) is 10.8. The van der Waals surface area contributed by atoms with E-state index in [-0.39, 0.29) is 21.6 Å². The average Bonchev–Trinajstić information content (AvgIpc) is 2.82. The Morgan fingerprint density at radius 1 is 1.00 bits per heavy atom. The molecule has 7 nitrogen and oxygen atoms in total. The van der Waals surface area contributed by atoms with Gasteiger partial charge in [0.1, 0.15) is 10.7 Å². The van der Waals surface area contributed by atoms with Gasteiger partial charge in [-0.05, 0) is 55.5 Å². The maximum absolute atomic E-state index is 14.6. The molecule has 10 heteroatoms. The van der Waals surface area contributed by atoms with Crippen molar-refractivity contribution in [2.75, 3.05) is 10.0 Å². The number of halogens is 2. The second-order valence-electron chi connectivity index (χ2n) is 8.20. The first-order valence-corrected chi connectivity index (χ1v) is 12.8. The Hall–Kier alpha value is -3.01. The number of sulfonamides is 1. The van der Waals surface area contributed by atoms with Crippen LogP contribution in [0.15, 0.2) is 59.8 Å². The lowest BCUT2D eigenvalue weighted by atomic mass is 9.92. The number of anilines is 2. The predicted molar refractivity (Wildman–Crippen MR) is 133 cm³/mol. The lowest BCUT2D eigenvalue weighted by Crippen LogP contribution is -2.33. The molecule has 4 rings (SSSR count). The van der Waals surface area contributed by atoms with E-state index in [4.69, 9.17) is 17.3 Å². The van der Waals surface area contributed by atoms with E-state index in [1.54, 1.807) is 42.7 Å². The number of aromatic nitrogens is 2. The monoisotopic (exact) mass is 501 g/mol. The van der Waals surface area contributed by atoms with Gasteiger partial charge in [0.05, 0.1) is 10.7 Å². The maximum atomic E-state index is 14.6. The van der Waals surface area contributed by atoms with Crippen LogP contribution in [0.4, 0.5) is 16.0 Å². The fourth-order valence-corrected chi connectivity index (χ4v) is 5.31. The Labute approximate surface area is 203 Å². The highest BCUT2D eigenvalue weighted by atomic mass is 35.5. The van der Waals surface area contributed by atoms with Crippen LogP contribution in [0.5, 0.6) is 0 Å². The van der Waals surface area contributed by atoms with Crippen LogP contribution in [0.1, 0.15) is 36.8 Å². The van der Waals surface area contributed by atoms with E-state index in [0.29, 0.717) is 17.6 Å². The van der Waals surface area contributed by atoms with Crippen molar-refractivity contribution in [2.45, 2.75) is 42.7 Å². The van der Waals surface area contributed by atoms with Crippen LogP contribution in [0, 0.1) is 5.82 Å². The van der Waals surface area contributed by atoms with E-state index in [9.17, 15) is 12.8 Å². The van der Waals surface area contributed by atoms with Crippen LogP contribution < -0.4 is 15.8 Å². The summed E-state index contributed by atoms with van der Waals surface area (Å²) in [5.74, 6) is -0.139. The molecule has 1 aliphatic rings. The van der Waals surface area contributed by atoms with E-state index in [0.717, 1.165) is 31.2 Å². The minimum absolute atomic E-state index is 0.0568. The quantitative estimate of drug-likeness (QED) is 0.423. The number of nitrogens with one attached hydrogen (secondary N) is 2. The number of hydrogen-bond donors (Lipinski definition) is 3. The molecule has 0 atom stereocenters. The van der Waals surface area contributed by atoms with Crippen molar-refractivity contribution < 1.29 is 12.8 Å². The Morgan fingerprint density at radius 2 is 1.68 bits per heavy atom. The molecule has 0 unspecified atom stereocenters. The minimum atomic E-state index is -4.02. The molecular weight excluding hydrogens is 477 g/mol. The topological polar surface area (TPSA) is 110 Å². The van der Waals surface area contributed by atoms with Crippen LogP contribution in [-0.4, -0.2) is 30.5 Å². The second kappa shape index (κ2) is 10.5. The highest BCUT2D eigenvalue weighted by Gasteiger charge is 2.20. The fraction of sp³-hybridized carbons (Fsp3) is 0.250. The van der Waals surface area contributed by atoms with Gasteiger partial charge in [-0.3, -0.25) is 4.72 Å². The molecule has 1 fully saturated rings. The summed E-state index contributed by atoms with van der Waals surface area (Å²) in [6.45, 7) is 0. The fourth-order valence-electron chi connectivity index (χ4n) is 3.72. The van der Waals surface area contributed by atoms with Crippen molar-refractivity contribution in [1.82, 2.24) is 9.97 Å². The molecular formula is C24H25ClFN5O2S. The zero-order valence-electron chi connectivity index (χ0n) is 18.3. The van der Waals surface area contributed by atoms with Gasteiger partial charge < -0.3 is 11.1 Å². The molecule has 178 valence electrons. The van der Waals surface area contributed by atoms with E-state index < -0.39 is 15.8 Å². The van der Waals surface area contributed by atoms with Gasteiger partial charge >= 0.3 is 0 Å². The van der Waals surface area contributed by atoms with Crippen LogP contribution >= 0.6 is 11.6 Å². The van der Waals surface area contributed by atoms with Crippen molar-refractivity contribution in [1.29, 1.82) is 0 Å². The van der Waals surface area contributed by atoms with Crippen molar-refractivity contribution in [3.63, 3.8) is 0 Å². The lowest BCUT2D eigenvalue weighted by Gasteiger charge is -2.26. The average molecular weight is 502 g/mol. The van der Waals surface area contributed by atoms with Crippen molar-refractivity contribution in [3.05, 3.63) is 76.8 Å². The molecule has 2 aromatic carbocycles. The molecule has 4 N–H and O–H groups in total.